The summed E-state index contributed by atoms with van der Waals surface area (Å²) in [5.74, 6) is -0.106. The molecule has 1 unspecified atom stereocenters. The fraction of sp³-hybridized carbons (Fsp3) is 0.909. The molecule has 0 amide bonds. The zero-order valence-corrected chi connectivity index (χ0v) is 10.4. The van der Waals surface area contributed by atoms with E-state index in [2.05, 4.69) is 16.8 Å². The van der Waals surface area contributed by atoms with Crippen molar-refractivity contribution in [1.29, 1.82) is 0 Å². The minimum Gasteiger partial charge on any atom is -0.468 e. The van der Waals surface area contributed by atoms with Crippen LogP contribution in [0, 0.1) is 0 Å². The molecule has 5 heteroatoms. The summed E-state index contributed by atoms with van der Waals surface area (Å²) in [4.78, 5) is 15.7. The van der Waals surface area contributed by atoms with E-state index in [1.807, 2.05) is 0 Å². The summed E-state index contributed by atoms with van der Waals surface area (Å²) in [7, 11) is 5.21. The summed E-state index contributed by atoms with van der Waals surface area (Å²) in [6.07, 6.45) is 0.925. The standard InChI is InChI=1S/C11H22N2O3/c1-12(8-9-15-2)6-7-13-5-4-10(13)11(14)16-3/h10H,4-9H2,1-3H3. The minimum atomic E-state index is -0.106. The van der Waals surface area contributed by atoms with Crippen molar-refractivity contribution in [3.8, 4) is 0 Å². The number of hydrogen-bond acceptors (Lipinski definition) is 5. The molecule has 1 atom stereocenters. The van der Waals surface area contributed by atoms with Crippen molar-refractivity contribution in [1.82, 2.24) is 9.80 Å². The molecule has 0 radical (unpaired) electrons. The van der Waals surface area contributed by atoms with E-state index in [0.29, 0.717) is 0 Å². The van der Waals surface area contributed by atoms with E-state index in [1.54, 1.807) is 7.11 Å². The molecule has 1 aliphatic rings. The van der Waals surface area contributed by atoms with E-state index < -0.39 is 0 Å². The molecule has 0 aromatic heterocycles. The fourth-order valence-corrected chi connectivity index (χ4v) is 1.77. The van der Waals surface area contributed by atoms with Gasteiger partial charge in [-0.2, -0.15) is 0 Å². The van der Waals surface area contributed by atoms with Crippen LogP contribution in [0.2, 0.25) is 0 Å². The van der Waals surface area contributed by atoms with E-state index in [-0.39, 0.29) is 12.0 Å². The molecular formula is C11H22N2O3. The molecule has 0 spiro atoms. The van der Waals surface area contributed by atoms with Crippen LogP contribution in [0.25, 0.3) is 0 Å². The first-order chi connectivity index (χ1) is 7.69. The van der Waals surface area contributed by atoms with Crippen LogP contribution < -0.4 is 0 Å². The van der Waals surface area contributed by atoms with Gasteiger partial charge in [0.05, 0.1) is 13.7 Å². The molecule has 1 fully saturated rings. The Hall–Kier alpha value is -0.650. The van der Waals surface area contributed by atoms with Crippen molar-refractivity contribution in [2.45, 2.75) is 12.5 Å². The van der Waals surface area contributed by atoms with Gasteiger partial charge < -0.3 is 14.4 Å². The first kappa shape index (κ1) is 13.4. The average molecular weight is 230 g/mol. The number of carbonyl (C=O) groups is 1. The second-order valence-corrected chi connectivity index (χ2v) is 4.16. The number of ether oxygens (including phenoxy) is 2. The maximum Gasteiger partial charge on any atom is 0.323 e. The number of esters is 1. The fourth-order valence-electron chi connectivity index (χ4n) is 1.77. The van der Waals surface area contributed by atoms with Gasteiger partial charge in [-0.25, -0.2) is 0 Å². The number of likely N-dealkylation sites (tertiary alicyclic amines) is 1. The lowest BCUT2D eigenvalue weighted by Gasteiger charge is -2.39. The van der Waals surface area contributed by atoms with Crippen LogP contribution in [-0.4, -0.2) is 75.9 Å². The minimum absolute atomic E-state index is 0.0131. The molecule has 1 aliphatic heterocycles. The second kappa shape index (κ2) is 6.83. The Labute approximate surface area is 97.3 Å². The van der Waals surface area contributed by atoms with Gasteiger partial charge in [0.2, 0.25) is 0 Å². The number of hydrogen-bond donors (Lipinski definition) is 0. The van der Waals surface area contributed by atoms with Crippen molar-refractivity contribution in [2.75, 3.05) is 54.1 Å². The Morgan fingerprint density at radius 3 is 2.69 bits per heavy atom. The van der Waals surface area contributed by atoms with Crippen molar-refractivity contribution in [2.24, 2.45) is 0 Å². The summed E-state index contributed by atoms with van der Waals surface area (Å²) >= 11 is 0. The number of carbonyl (C=O) groups excluding carboxylic acids is 1. The quantitative estimate of drug-likeness (QED) is 0.567. The third-order valence-corrected chi connectivity index (χ3v) is 3.05. The van der Waals surface area contributed by atoms with Crippen molar-refractivity contribution >= 4 is 5.97 Å². The van der Waals surface area contributed by atoms with Crippen LogP contribution >= 0.6 is 0 Å². The molecule has 0 bridgehead atoms. The molecule has 1 saturated heterocycles. The molecule has 0 aliphatic carbocycles. The second-order valence-electron chi connectivity index (χ2n) is 4.16. The van der Waals surface area contributed by atoms with E-state index in [9.17, 15) is 4.79 Å². The number of likely N-dealkylation sites (N-methyl/N-ethyl adjacent to an activating group) is 1. The maximum absolute atomic E-state index is 11.3. The Morgan fingerprint density at radius 2 is 2.19 bits per heavy atom. The van der Waals surface area contributed by atoms with Gasteiger partial charge in [-0.05, 0) is 13.5 Å². The monoisotopic (exact) mass is 230 g/mol. The predicted molar refractivity (Wildman–Crippen MR) is 61.4 cm³/mol. The van der Waals surface area contributed by atoms with E-state index in [1.165, 1.54) is 7.11 Å². The number of nitrogens with zero attached hydrogens (tertiary/aromatic N) is 2. The normalized spacial score (nSPS) is 20.9. The summed E-state index contributed by atoms with van der Waals surface area (Å²) in [6.45, 7) is 4.54. The van der Waals surface area contributed by atoms with Gasteiger partial charge in [0.1, 0.15) is 6.04 Å². The van der Waals surface area contributed by atoms with Gasteiger partial charge in [0.25, 0.3) is 0 Å². The molecule has 16 heavy (non-hydrogen) atoms. The highest BCUT2D eigenvalue weighted by atomic mass is 16.5. The Morgan fingerprint density at radius 1 is 1.44 bits per heavy atom. The van der Waals surface area contributed by atoms with Gasteiger partial charge in [-0.3, -0.25) is 9.69 Å². The maximum atomic E-state index is 11.3. The average Bonchev–Trinajstić information content (AvgIpc) is 2.24. The highest BCUT2D eigenvalue weighted by Crippen LogP contribution is 2.17. The summed E-state index contributed by atoms with van der Waals surface area (Å²) in [5.41, 5.74) is 0. The first-order valence-corrected chi connectivity index (χ1v) is 5.68. The van der Waals surface area contributed by atoms with Crippen LogP contribution in [0.4, 0.5) is 0 Å². The van der Waals surface area contributed by atoms with Crippen LogP contribution in [0.5, 0.6) is 0 Å². The highest BCUT2D eigenvalue weighted by molar-refractivity contribution is 5.76. The Bertz CT molecular complexity index is 223. The van der Waals surface area contributed by atoms with E-state index in [0.717, 1.165) is 39.2 Å². The summed E-state index contributed by atoms with van der Waals surface area (Å²) in [6, 6.07) is -0.0131. The van der Waals surface area contributed by atoms with Crippen LogP contribution in [0.3, 0.4) is 0 Å². The molecular weight excluding hydrogens is 208 g/mol. The van der Waals surface area contributed by atoms with Crippen LogP contribution in [-0.2, 0) is 14.3 Å². The SMILES string of the molecule is COCCN(C)CCN1CCC1C(=O)OC. The molecule has 0 aromatic carbocycles. The molecule has 1 heterocycles. The largest absolute Gasteiger partial charge is 0.468 e. The predicted octanol–water partition coefficient (Wildman–Crippen LogP) is -0.188. The van der Waals surface area contributed by atoms with Gasteiger partial charge >= 0.3 is 5.97 Å². The number of methoxy groups -OCH3 is 2. The van der Waals surface area contributed by atoms with Gasteiger partial charge in [0, 0.05) is 33.3 Å². The lowest BCUT2D eigenvalue weighted by atomic mass is 10.0. The van der Waals surface area contributed by atoms with Crippen molar-refractivity contribution in [3.05, 3.63) is 0 Å². The molecule has 1 rings (SSSR count). The Balaban J connectivity index is 2.15. The third-order valence-electron chi connectivity index (χ3n) is 3.05. The first-order valence-electron chi connectivity index (χ1n) is 5.68. The van der Waals surface area contributed by atoms with Crippen LogP contribution in [0.1, 0.15) is 6.42 Å². The van der Waals surface area contributed by atoms with Crippen LogP contribution in [0.15, 0.2) is 0 Å². The van der Waals surface area contributed by atoms with Gasteiger partial charge in [-0.1, -0.05) is 0 Å². The zero-order chi connectivity index (χ0) is 12.0. The molecule has 0 N–H and O–H groups in total. The Kier molecular flexibility index (Phi) is 5.73. The third kappa shape index (κ3) is 3.73. The molecule has 5 nitrogen and oxygen atoms in total. The molecule has 94 valence electrons. The zero-order valence-electron chi connectivity index (χ0n) is 10.4. The van der Waals surface area contributed by atoms with Crippen molar-refractivity contribution < 1.29 is 14.3 Å². The topological polar surface area (TPSA) is 42.0 Å². The smallest absolute Gasteiger partial charge is 0.323 e. The summed E-state index contributed by atoms with van der Waals surface area (Å²) < 4.78 is 9.75. The van der Waals surface area contributed by atoms with Gasteiger partial charge in [-0.15, -0.1) is 0 Å². The lowest BCUT2D eigenvalue weighted by molar-refractivity contribution is -0.152. The van der Waals surface area contributed by atoms with E-state index >= 15 is 0 Å². The number of rotatable bonds is 7. The lowest BCUT2D eigenvalue weighted by Crippen LogP contribution is -2.54. The molecule has 0 saturated carbocycles. The van der Waals surface area contributed by atoms with E-state index in [4.69, 9.17) is 9.47 Å². The van der Waals surface area contributed by atoms with Crippen molar-refractivity contribution in [3.63, 3.8) is 0 Å². The van der Waals surface area contributed by atoms with Gasteiger partial charge in [0.15, 0.2) is 0 Å². The summed E-state index contributed by atoms with van der Waals surface area (Å²) in [5, 5.41) is 0. The highest BCUT2D eigenvalue weighted by Gasteiger charge is 2.34. The molecule has 0 aromatic rings.